The second-order valence-corrected chi connectivity index (χ2v) is 11.0. The van der Waals surface area contributed by atoms with E-state index in [4.69, 9.17) is 15.6 Å². The van der Waals surface area contributed by atoms with E-state index in [2.05, 4.69) is 51.8 Å². The average Bonchev–Trinajstić information content (AvgIpc) is 3.75. The first-order chi connectivity index (χ1) is 20.8. The van der Waals surface area contributed by atoms with Gasteiger partial charge in [-0.15, -0.1) is 0 Å². The van der Waals surface area contributed by atoms with Crippen LogP contribution in [0.25, 0.3) is 33.2 Å². The Bertz CT molecular complexity index is 1770. The minimum Gasteiger partial charge on any atom is -0.481 e. The lowest BCUT2D eigenvalue weighted by Gasteiger charge is -2.22. The summed E-state index contributed by atoms with van der Waals surface area (Å²) in [6.07, 6.45) is 9.86. The van der Waals surface area contributed by atoms with Gasteiger partial charge >= 0.3 is 5.97 Å². The van der Waals surface area contributed by atoms with E-state index in [1.807, 2.05) is 36.1 Å². The van der Waals surface area contributed by atoms with Gasteiger partial charge in [0.15, 0.2) is 0 Å². The van der Waals surface area contributed by atoms with Crippen molar-refractivity contribution in [2.45, 2.75) is 51.0 Å². The van der Waals surface area contributed by atoms with E-state index in [0.717, 1.165) is 58.0 Å². The number of aliphatic carboxylic acids is 1. The summed E-state index contributed by atoms with van der Waals surface area (Å²) in [7, 11) is 1.84. The normalized spacial score (nSPS) is 16.5. The lowest BCUT2D eigenvalue weighted by molar-refractivity contribution is -0.137. The molecule has 5 aromatic rings. The molecule has 1 amide bonds. The molecule has 0 saturated heterocycles. The number of carbonyl (C=O) groups is 2. The zero-order valence-corrected chi connectivity index (χ0v) is 23.9. The molecule has 3 aromatic heterocycles. The van der Waals surface area contributed by atoms with Crippen LogP contribution in [0.1, 0.15) is 41.6 Å². The van der Waals surface area contributed by atoms with Gasteiger partial charge in [-0.05, 0) is 60.2 Å². The highest BCUT2D eigenvalue weighted by molar-refractivity contribution is 5.99. The standard InChI is InChI=1S/C33H34N6O4/c1-38-19-26(18-36-38)25-16-27(32(34)35-17-25)33(42)37-28-3-2-4-30(28)43-20-21-5-7-22(8-6-21)23-9-10-29-24(15-23)11-13-39(29)14-12-31(40)41/h5-11,13,15-19,28,30H,2-4,12,14,20H2,1H3,(H2,34,35)(H,37,42)(H,40,41)/t28-,30-/m0/s1. The molecule has 1 aliphatic carbocycles. The van der Waals surface area contributed by atoms with E-state index in [0.29, 0.717) is 18.7 Å². The lowest BCUT2D eigenvalue weighted by atomic mass is 10.0. The molecule has 0 spiro atoms. The molecule has 1 aliphatic rings. The number of ether oxygens (including phenoxy) is 1. The third-order valence-corrected chi connectivity index (χ3v) is 8.06. The van der Waals surface area contributed by atoms with Crippen LogP contribution in [-0.4, -0.2) is 48.5 Å². The van der Waals surface area contributed by atoms with Crippen molar-refractivity contribution in [3.63, 3.8) is 0 Å². The summed E-state index contributed by atoms with van der Waals surface area (Å²) in [6, 6.07) is 18.2. The van der Waals surface area contributed by atoms with Crippen LogP contribution >= 0.6 is 0 Å². The van der Waals surface area contributed by atoms with Crippen molar-refractivity contribution < 1.29 is 19.4 Å². The number of carboxylic acid groups (broad SMARTS) is 1. The molecule has 43 heavy (non-hydrogen) atoms. The molecule has 3 heterocycles. The quantitative estimate of drug-likeness (QED) is 0.211. The zero-order valence-electron chi connectivity index (χ0n) is 23.9. The van der Waals surface area contributed by atoms with Gasteiger partial charge in [-0.1, -0.05) is 30.3 Å². The van der Waals surface area contributed by atoms with Crippen LogP contribution in [0.4, 0.5) is 5.82 Å². The minimum atomic E-state index is -0.804. The van der Waals surface area contributed by atoms with Gasteiger partial charge in [0.25, 0.3) is 5.91 Å². The Kier molecular flexibility index (Phi) is 7.93. The van der Waals surface area contributed by atoms with Gasteiger partial charge in [0.2, 0.25) is 0 Å². The number of nitrogens with two attached hydrogens (primary N) is 1. The van der Waals surface area contributed by atoms with E-state index in [1.165, 1.54) is 0 Å². The number of nitrogens with one attached hydrogen (secondary N) is 1. The molecule has 1 saturated carbocycles. The Labute approximate surface area is 249 Å². The fourth-order valence-corrected chi connectivity index (χ4v) is 5.71. The second-order valence-electron chi connectivity index (χ2n) is 11.0. The summed E-state index contributed by atoms with van der Waals surface area (Å²) in [4.78, 5) is 28.4. The van der Waals surface area contributed by atoms with E-state index in [-0.39, 0.29) is 30.3 Å². The van der Waals surface area contributed by atoms with Crippen molar-refractivity contribution >= 4 is 28.6 Å². The number of anilines is 1. The predicted octanol–water partition coefficient (Wildman–Crippen LogP) is 5.03. The van der Waals surface area contributed by atoms with Crippen molar-refractivity contribution in [3.05, 3.63) is 90.5 Å². The number of hydrogen-bond donors (Lipinski definition) is 3. The highest BCUT2D eigenvalue weighted by Crippen LogP contribution is 2.28. The van der Waals surface area contributed by atoms with Gasteiger partial charge in [0, 0.05) is 54.2 Å². The number of carboxylic acids is 1. The van der Waals surface area contributed by atoms with Gasteiger partial charge in [0.05, 0.1) is 36.9 Å². The fourth-order valence-electron chi connectivity index (χ4n) is 5.71. The maximum Gasteiger partial charge on any atom is 0.305 e. The largest absolute Gasteiger partial charge is 0.481 e. The average molecular weight is 579 g/mol. The maximum absolute atomic E-state index is 13.2. The molecule has 0 aliphatic heterocycles. The van der Waals surface area contributed by atoms with Gasteiger partial charge in [0.1, 0.15) is 5.82 Å². The molecule has 2 aromatic carbocycles. The first-order valence-electron chi connectivity index (χ1n) is 14.4. The number of benzene rings is 2. The molecule has 0 radical (unpaired) electrons. The number of nitrogen functional groups attached to an aromatic ring is 1. The SMILES string of the molecule is Cn1cc(-c2cnc(N)c(C(=O)N[C@H]3CCC[C@@H]3OCc3ccc(-c4ccc5c(ccn5CCC(=O)O)c4)cc3)c2)cn1. The van der Waals surface area contributed by atoms with E-state index in [9.17, 15) is 9.59 Å². The number of aromatic nitrogens is 4. The van der Waals surface area contributed by atoms with Gasteiger partial charge < -0.3 is 25.5 Å². The van der Waals surface area contributed by atoms with Gasteiger partial charge in [-0.3, -0.25) is 14.3 Å². The van der Waals surface area contributed by atoms with E-state index in [1.54, 1.807) is 23.1 Å². The zero-order chi connectivity index (χ0) is 29.9. The van der Waals surface area contributed by atoms with Crippen molar-refractivity contribution in [1.29, 1.82) is 0 Å². The first-order valence-corrected chi connectivity index (χ1v) is 14.4. The minimum absolute atomic E-state index is 0.0908. The Morgan fingerprint density at radius 3 is 2.60 bits per heavy atom. The van der Waals surface area contributed by atoms with Crippen LogP contribution in [0.3, 0.4) is 0 Å². The van der Waals surface area contributed by atoms with Crippen LogP contribution < -0.4 is 11.1 Å². The second kappa shape index (κ2) is 12.1. The van der Waals surface area contributed by atoms with Crippen molar-refractivity contribution in [1.82, 2.24) is 24.6 Å². The highest BCUT2D eigenvalue weighted by atomic mass is 16.5. The third-order valence-electron chi connectivity index (χ3n) is 8.06. The lowest BCUT2D eigenvalue weighted by Crippen LogP contribution is -2.41. The van der Waals surface area contributed by atoms with Crippen LogP contribution in [0, 0.1) is 0 Å². The molecule has 4 N–H and O–H groups in total. The Balaban J connectivity index is 1.07. The third kappa shape index (κ3) is 6.29. The van der Waals surface area contributed by atoms with Crippen LogP contribution in [0.5, 0.6) is 0 Å². The maximum atomic E-state index is 13.2. The van der Waals surface area contributed by atoms with Crippen molar-refractivity contribution in [2.24, 2.45) is 7.05 Å². The molecule has 2 atom stereocenters. The molecular weight excluding hydrogens is 544 g/mol. The Morgan fingerprint density at radius 1 is 1.02 bits per heavy atom. The number of carbonyl (C=O) groups excluding carboxylic acids is 1. The number of nitrogens with zero attached hydrogens (tertiary/aromatic N) is 4. The highest BCUT2D eigenvalue weighted by Gasteiger charge is 2.30. The molecule has 6 rings (SSSR count). The Hall–Kier alpha value is -4.96. The predicted molar refractivity (Wildman–Crippen MR) is 164 cm³/mol. The summed E-state index contributed by atoms with van der Waals surface area (Å²) in [5.41, 5.74) is 12.3. The summed E-state index contributed by atoms with van der Waals surface area (Å²) in [5.74, 6) is -0.869. The van der Waals surface area contributed by atoms with Gasteiger partial charge in [-0.2, -0.15) is 5.10 Å². The van der Waals surface area contributed by atoms with Crippen LogP contribution in [-0.2, 0) is 29.7 Å². The van der Waals surface area contributed by atoms with Crippen LogP contribution in [0.2, 0.25) is 0 Å². The first kappa shape index (κ1) is 28.2. The summed E-state index contributed by atoms with van der Waals surface area (Å²) >= 11 is 0. The monoisotopic (exact) mass is 578 g/mol. The number of hydrogen-bond acceptors (Lipinski definition) is 6. The van der Waals surface area contributed by atoms with E-state index >= 15 is 0 Å². The number of aryl methyl sites for hydroxylation is 2. The topological polar surface area (TPSA) is 137 Å². The molecule has 10 nitrogen and oxygen atoms in total. The van der Waals surface area contributed by atoms with Crippen molar-refractivity contribution in [3.8, 4) is 22.3 Å². The summed E-state index contributed by atoms with van der Waals surface area (Å²) in [6.45, 7) is 0.895. The molecule has 1 fully saturated rings. The smallest absolute Gasteiger partial charge is 0.305 e. The Morgan fingerprint density at radius 2 is 1.84 bits per heavy atom. The molecule has 10 heteroatoms. The van der Waals surface area contributed by atoms with Crippen molar-refractivity contribution in [2.75, 3.05) is 5.73 Å². The summed E-state index contributed by atoms with van der Waals surface area (Å²) < 4.78 is 9.96. The van der Waals surface area contributed by atoms with Gasteiger partial charge in [-0.25, -0.2) is 4.98 Å². The molecule has 220 valence electrons. The fraction of sp³-hybridized carbons (Fsp3) is 0.273. The number of pyridine rings is 1. The van der Waals surface area contributed by atoms with E-state index < -0.39 is 5.97 Å². The molecule has 0 bridgehead atoms. The number of rotatable bonds is 10. The number of fused-ring (bicyclic) bond motifs is 1. The molecular formula is C33H34N6O4. The summed E-state index contributed by atoms with van der Waals surface area (Å²) in [5, 5.41) is 17.4. The number of amides is 1. The van der Waals surface area contributed by atoms with Crippen LogP contribution in [0.15, 0.2) is 79.4 Å². The molecule has 0 unspecified atom stereocenters.